The number of hydrogen-bond acceptors (Lipinski definition) is 6. The maximum absolute atomic E-state index is 11.2. The first-order valence-electron chi connectivity index (χ1n) is 9.76. The Kier molecular flexibility index (Phi) is 17.6. The van der Waals surface area contributed by atoms with Gasteiger partial charge in [-0.3, -0.25) is 9.59 Å². The molecule has 0 aliphatic carbocycles. The Morgan fingerprint density at radius 2 is 1.00 bits per heavy atom. The van der Waals surface area contributed by atoms with Gasteiger partial charge >= 0.3 is 0 Å². The lowest BCUT2D eigenvalue weighted by Gasteiger charge is -2.11. The van der Waals surface area contributed by atoms with Gasteiger partial charge in [-0.1, -0.05) is 47.3 Å². The van der Waals surface area contributed by atoms with Crippen LogP contribution in [0.4, 0.5) is 0 Å². The van der Waals surface area contributed by atoms with E-state index in [1.165, 1.54) is 12.8 Å². The first-order chi connectivity index (χ1) is 12.5. The number of amides is 2. The summed E-state index contributed by atoms with van der Waals surface area (Å²) in [6, 6.07) is 0. The van der Waals surface area contributed by atoms with Crippen molar-refractivity contribution < 1.29 is 9.59 Å². The highest BCUT2D eigenvalue weighted by Crippen LogP contribution is 2.25. The molecule has 2 unspecified atom stereocenters. The third-order valence-electron chi connectivity index (χ3n) is 4.48. The molecule has 0 aromatic carbocycles. The zero-order valence-electron chi connectivity index (χ0n) is 16.0. The Bertz CT molecular complexity index is 339. The number of carbonyl (C=O) groups is 2. The van der Waals surface area contributed by atoms with Crippen LogP contribution in [0.3, 0.4) is 0 Å². The van der Waals surface area contributed by atoms with Gasteiger partial charge < -0.3 is 22.9 Å². The van der Waals surface area contributed by atoms with Crippen LogP contribution in [0, 0.1) is 11.8 Å². The van der Waals surface area contributed by atoms with Crippen molar-refractivity contribution in [3.63, 3.8) is 0 Å². The van der Waals surface area contributed by atoms with Crippen LogP contribution in [0.15, 0.2) is 0 Å². The first kappa shape index (κ1) is 25.6. The Morgan fingerprint density at radius 1 is 0.615 bits per heavy atom. The van der Waals surface area contributed by atoms with Gasteiger partial charge in [0.05, 0.1) is 0 Å². The molecule has 0 aliphatic rings. The molecule has 0 aromatic heterocycles. The topological polar surface area (TPSA) is 138 Å². The third-order valence-corrected chi connectivity index (χ3v) is 7.06. The SMILES string of the molecule is NCCC(CCCCCSSCCCCCC(CCN)C(N)=O)C(N)=O. The number of rotatable bonds is 19. The van der Waals surface area contributed by atoms with E-state index in [0.29, 0.717) is 25.9 Å². The number of primary amides is 2. The van der Waals surface area contributed by atoms with E-state index >= 15 is 0 Å². The summed E-state index contributed by atoms with van der Waals surface area (Å²) in [6.45, 7) is 1.05. The normalized spacial score (nSPS) is 13.5. The van der Waals surface area contributed by atoms with E-state index in [-0.39, 0.29) is 23.7 Å². The monoisotopic (exact) mass is 406 g/mol. The van der Waals surface area contributed by atoms with E-state index < -0.39 is 0 Å². The van der Waals surface area contributed by atoms with Crippen LogP contribution in [-0.2, 0) is 9.59 Å². The van der Waals surface area contributed by atoms with Crippen LogP contribution in [0.1, 0.15) is 64.2 Å². The highest BCUT2D eigenvalue weighted by atomic mass is 33.1. The van der Waals surface area contributed by atoms with Crippen molar-refractivity contribution in [2.75, 3.05) is 24.6 Å². The molecule has 0 bridgehead atoms. The van der Waals surface area contributed by atoms with Crippen molar-refractivity contribution in [1.29, 1.82) is 0 Å². The molecule has 26 heavy (non-hydrogen) atoms. The zero-order chi connectivity index (χ0) is 19.6. The van der Waals surface area contributed by atoms with E-state index in [1.807, 2.05) is 21.6 Å². The number of unbranched alkanes of at least 4 members (excludes halogenated alkanes) is 4. The second kappa shape index (κ2) is 17.9. The van der Waals surface area contributed by atoms with Crippen molar-refractivity contribution in [2.45, 2.75) is 64.2 Å². The number of nitrogens with two attached hydrogens (primary N) is 4. The van der Waals surface area contributed by atoms with E-state index in [4.69, 9.17) is 22.9 Å². The summed E-state index contributed by atoms with van der Waals surface area (Å²) in [4.78, 5) is 22.5. The minimum Gasteiger partial charge on any atom is -0.369 e. The summed E-state index contributed by atoms with van der Waals surface area (Å²) in [5.41, 5.74) is 21.7. The Hall–Kier alpha value is -0.440. The highest BCUT2D eigenvalue weighted by molar-refractivity contribution is 8.76. The van der Waals surface area contributed by atoms with Gasteiger partial charge in [0.15, 0.2) is 0 Å². The Balaban J connectivity index is 3.41. The fourth-order valence-corrected chi connectivity index (χ4v) is 5.13. The summed E-state index contributed by atoms with van der Waals surface area (Å²) in [5.74, 6) is 1.74. The second-order valence-electron chi connectivity index (χ2n) is 6.70. The largest absolute Gasteiger partial charge is 0.369 e. The number of hydrogen-bond donors (Lipinski definition) is 4. The molecular formula is C18H38N4O2S2. The van der Waals surface area contributed by atoms with Crippen LogP contribution in [0.25, 0.3) is 0 Å². The van der Waals surface area contributed by atoms with Crippen LogP contribution in [0.2, 0.25) is 0 Å². The Labute approximate surface area is 166 Å². The molecule has 0 aliphatic heterocycles. The molecule has 0 aromatic rings. The molecule has 154 valence electrons. The van der Waals surface area contributed by atoms with Gasteiger partial charge in [-0.05, 0) is 51.6 Å². The standard InChI is InChI=1S/C18H38N4O2S2/c19-11-9-15(17(21)23)7-3-1-5-13-25-26-14-6-2-4-8-16(10-12-20)18(22)24/h15-16H,1-14,19-20H2,(H2,21,23)(H2,22,24). The lowest BCUT2D eigenvalue weighted by Crippen LogP contribution is -2.25. The molecular weight excluding hydrogens is 368 g/mol. The molecule has 0 saturated carbocycles. The fourth-order valence-electron chi connectivity index (χ4n) is 2.83. The van der Waals surface area contributed by atoms with E-state index in [1.54, 1.807) is 0 Å². The molecule has 6 nitrogen and oxygen atoms in total. The minimum atomic E-state index is -0.217. The Morgan fingerprint density at radius 3 is 1.31 bits per heavy atom. The molecule has 0 spiro atoms. The van der Waals surface area contributed by atoms with Crippen molar-refractivity contribution in [1.82, 2.24) is 0 Å². The van der Waals surface area contributed by atoms with Gasteiger partial charge in [0.2, 0.25) is 11.8 Å². The molecule has 2 atom stereocenters. The zero-order valence-corrected chi connectivity index (χ0v) is 17.6. The summed E-state index contributed by atoms with van der Waals surface area (Å²) < 4.78 is 0. The van der Waals surface area contributed by atoms with Gasteiger partial charge in [0.1, 0.15) is 0 Å². The molecule has 8 N–H and O–H groups in total. The predicted molar refractivity (Wildman–Crippen MR) is 115 cm³/mol. The van der Waals surface area contributed by atoms with Gasteiger partial charge in [-0.2, -0.15) is 0 Å². The minimum absolute atomic E-state index is 0.0546. The number of carbonyl (C=O) groups excluding carboxylic acids is 2. The smallest absolute Gasteiger partial charge is 0.220 e. The maximum atomic E-state index is 11.2. The third kappa shape index (κ3) is 14.7. The lowest BCUT2D eigenvalue weighted by molar-refractivity contribution is -0.123. The van der Waals surface area contributed by atoms with Crippen molar-refractivity contribution >= 4 is 33.4 Å². The van der Waals surface area contributed by atoms with Crippen molar-refractivity contribution in [3.8, 4) is 0 Å². The molecule has 8 heteroatoms. The molecule has 0 fully saturated rings. The molecule has 2 amide bonds. The molecule has 0 rings (SSSR count). The first-order valence-corrected chi connectivity index (χ1v) is 12.2. The summed E-state index contributed by atoms with van der Waals surface area (Å²) in [6.07, 6.45) is 9.83. The van der Waals surface area contributed by atoms with Crippen molar-refractivity contribution in [3.05, 3.63) is 0 Å². The average Bonchev–Trinajstić information content (AvgIpc) is 2.60. The quantitative estimate of drug-likeness (QED) is 0.192. The van der Waals surface area contributed by atoms with Gasteiger partial charge in [-0.25, -0.2) is 0 Å². The highest BCUT2D eigenvalue weighted by Gasteiger charge is 2.14. The maximum Gasteiger partial charge on any atom is 0.220 e. The fraction of sp³-hybridized carbons (Fsp3) is 0.889. The van der Waals surface area contributed by atoms with Crippen LogP contribution in [-0.4, -0.2) is 36.4 Å². The lowest BCUT2D eigenvalue weighted by atomic mass is 9.97. The van der Waals surface area contributed by atoms with Crippen molar-refractivity contribution in [2.24, 2.45) is 34.8 Å². The van der Waals surface area contributed by atoms with E-state index in [2.05, 4.69) is 0 Å². The molecule has 0 saturated heterocycles. The summed E-state index contributed by atoms with van der Waals surface area (Å²) in [7, 11) is 3.84. The van der Waals surface area contributed by atoms with Crippen LogP contribution >= 0.6 is 21.6 Å². The average molecular weight is 407 g/mol. The molecule has 0 heterocycles. The van der Waals surface area contributed by atoms with Crippen LogP contribution < -0.4 is 22.9 Å². The van der Waals surface area contributed by atoms with E-state index in [9.17, 15) is 9.59 Å². The molecule has 0 radical (unpaired) electrons. The van der Waals surface area contributed by atoms with Gasteiger partial charge in [0.25, 0.3) is 0 Å². The summed E-state index contributed by atoms with van der Waals surface area (Å²) >= 11 is 0. The summed E-state index contributed by atoms with van der Waals surface area (Å²) in [5, 5.41) is 0. The van der Waals surface area contributed by atoms with Gasteiger partial charge in [-0.15, -0.1) is 0 Å². The van der Waals surface area contributed by atoms with Gasteiger partial charge in [0, 0.05) is 23.3 Å². The second-order valence-corrected chi connectivity index (χ2v) is 9.40. The van der Waals surface area contributed by atoms with Crippen LogP contribution in [0.5, 0.6) is 0 Å². The predicted octanol–water partition coefficient (Wildman–Crippen LogP) is 2.39. The van der Waals surface area contributed by atoms with E-state index in [0.717, 1.165) is 50.0 Å².